The Morgan fingerprint density at radius 1 is 1.03 bits per heavy atom. The zero-order valence-corrected chi connectivity index (χ0v) is 22.2. The number of oxazole rings is 1. The predicted molar refractivity (Wildman–Crippen MR) is 148 cm³/mol. The number of esters is 1. The smallest absolute Gasteiger partial charge is 0.344 e. The molecule has 0 amide bonds. The molecule has 3 aromatic carbocycles. The van der Waals surface area contributed by atoms with Crippen LogP contribution < -0.4 is 4.74 Å². The predicted octanol–water partition coefficient (Wildman–Crippen LogP) is 7.02. The van der Waals surface area contributed by atoms with E-state index in [1.54, 1.807) is 6.92 Å². The Balaban J connectivity index is 1.44. The second-order valence-electron chi connectivity index (χ2n) is 9.63. The highest BCUT2D eigenvalue weighted by atomic mass is 16.6. The Labute approximate surface area is 224 Å². The number of fused-ring (bicyclic) bond motifs is 1. The van der Waals surface area contributed by atoms with Crippen molar-refractivity contribution >= 4 is 5.97 Å². The lowest BCUT2D eigenvalue weighted by atomic mass is 9.86. The second-order valence-corrected chi connectivity index (χ2v) is 9.63. The van der Waals surface area contributed by atoms with Crippen molar-refractivity contribution in [3.05, 3.63) is 95.9 Å². The number of hydrogen-bond acceptors (Lipinski definition) is 6. The zero-order chi connectivity index (χ0) is 26.5. The molecule has 6 heteroatoms. The van der Waals surface area contributed by atoms with Crippen LogP contribution in [0.3, 0.4) is 0 Å². The molecule has 0 saturated heterocycles. The molecule has 1 aliphatic rings. The summed E-state index contributed by atoms with van der Waals surface area (Å²) >= 11 is 0. The van der Waals surface area contributed by atoms with Gasteiger partial charge in [-0.2, -0.15) is 0 Å². The molecule has 0 saturated carbocycles. The van der Waals surface area contributed by atoms with Crippen LogP contribution in [0.1, 0.15) is 55.8 Å². The van der Waals surface area contributed by atoms with Crippen molar-refractivity contribution in [1.82, 2.24) is 9.88 Å². The van der Waals surface area contributed by atoms with Gasteiger partial charge >= 0.3 is 5.97 Å². The summed E-state index contributed by atoms with van der Waals surface area (Å²) in [5, 5.41) is 0. The van der Waals surface area contributed by atoms with E-state index in [9.17, 15) is 4.79 Å². The summed E-state index contributed by atoms with van der Waals surface area (Å²) in [7, 11) is 2.13. The van der Waals surface area contributed by atoms with Gasteiger partial charge in [0.2, 0.25) is 5.89 Å². The summed E-state index contributed by atoms with van der Waals surface area (Å²) in [6, 6.07) is 26.6. The number of carbonyl (C=O) groups is 1. The van der Waals surface area contributed by atoms with Gasteiger partial charge in [-0.05, 0) is 57.4 Å². The van der Waals surface area contributed by atoms with Crippen LogP contribution in [0, 0.1) is 0 Å². The van der Waals surface area contributed by atoms with Gasteiger partial charge in [-0.15, -0.1) is 0 Å². The minimum atomic E-state index is -0.351. The fraction of sp³-hybridized carbons (Fsp3) is 0.312. The van der Waals surface area contributed by atoms with E-state index < -0.39 is 0 Å². The standard InChI is InChI=1S/C32H34N2O4/c1-4-36-29(35)21-37-28-20-12-17-25-26(28)18-11-19-27(25)34(3)22(2)32-33-30(23-13-7-5-8-14-23)31(38-32)24-15-9-6-10-16-24/h5-10,12-17,20,22,27H,4,11,18-19,21H2,1-3H3. The summed E-state index contributed by atoms with van der Waals surface area (Å²) < 4.78 is 17.4. The van der Waals surface area contributed by atoms with Crippen LogP contribution in [0.2, 0.25) is 0 Å². The first-order valence-electron chi connectivity index (χ1n) is 13.3. The van der Waals surface area contributed by atoms with Gasteiger partial charge in [0.25, 0.3) is 0 Å². The highest BCUT2D eigenvalue weighted by Crippen LogP contribution is 2.42. The highest BCUT2D eigenvalue weighted by Gasteiger charge is 2.31. The molecular weight excluding hydrogens is 476 g/mol. The molecule has 1 aromatic heterocycles. The van der Waals surface area contributed by atoms with Gasteiger partial charge in [0, 0.05) is 17.2 Å². The van der Waals surface area contributed by atoms with E-state index in [1.807, 2.05) is 48.5 Å². The molecule has 0 N–H and O–H groups in total. The zero-order valence-electron chi connectivity index (χ0n) is 22.2. The van der Waals surface area contributed by atoms with E-state index in [1.165, 1.54) is 5.56 Å². The van der Waals surface area contributed by atoms with Crippen molar-refractivity contribution in [1.29, 1.82) is 0 Å². The molecule has 196 valence electrons. The van der Waals surface area contributed by atoms with Crippen LogP contribution >= 0.6 is 0 Å². The maximum absolute atomic E-state index is 11.9. The first-order valence-corrected chi connectivity index (χ1v) is 13.3. The first kappa shape index (κ1) is 25.7. The molecule has 0 aliphatic heterocycles. The highest BCUT2D eigenvalue weighted by molar-refractivity contribution is 5.76. The molecule has 5 rings (SSSR count). The monoisotopic (exact) mass is 510 g/mol. The molecule has 2 atom stereocenters. The molecule has 0 spiro atoms. The van der Waals surface area contributed by atoms with Crippen LogP contribution in [-0.2, 0) is 16.0 Å². The Hall–Kier alpha value is -3.90. The summed E-state index contributed by atoms with van der Waals surface area (Å²) in [4.78, 5) is 19.2. The average Bonchev–Trinajstić information content (AvgIpc) is 3.42. The lowest BCUT2D eigenvalue weighted by Gasteiger charge is -2.36. The van der Waals surface area contributed by atoms with E-state index in [2.05, 4.69) is 49.2 Å². The van der Waals surface area contributed by atoms with E-state index >= 15 is 0 Å². The van der Waals surface area contributed by atoms with E-state index in [0.29, 0.717) is 12.5 Å². The topological polar surface area (TPSA) is 64.8 Å². The minimum absolute atomic E-state index is 0.0602. The van der Waals surface area contributed by atoms with E-state index in [0.717, 1.165) is 53.2 Å². The van der Waals surface area contributed by atoms with Crippen molar-refractivity contribution in [2.45, 2.75) is 45.2 Å². The van der Waals surface area contributed by atoms with Crippen molar-refractivity contribution in [3.8, 4) is 28.3 Å². The van der Waals surface area contributed by atoms with Gasteiger partial charge < -0.3 is 13.9 Å². The fourth-order valence-corrected chi connectivity index (χ4v) is 5.22. The van der Waals surface area contributed by atoms with Gasteiger partial charge in [0.05, 0.1) is 12.6 Å². The van der Waals surface area contributed by atoms with Crippen molar-refractivity contribution in [2.24, 2.45) is 0 Å². The number of benzene rings is 3. The van der Waals surface area contributed by atoms with Crippen molar-refractivity contribution in [2.75, 3.05) is 20.3 Å². The normalized spacial score (nSPS) is 15.6. The fourth-order valence-electron chi connectivity index (χ4n) is 5.22. The Bertz CT molecular complexity index is 1310. The van der Waals surface area contributed by atoms with Crippen LogP contribution in [-0.4, -0.2) is 36.1 Å². The van der Waals surface area contributed by atoms with Crippen LogP contribution in [0.15, 0.2) is 83.3 Å². The third kappa shape index (κ3) is 5.36. The summed E-state index contributed by atoms with van der Waals surface area (Å²) in [5.41, 5.74) is 5.28. The van der Waals surface area contributed by atoms with Crippen molar-refractivity contribution in [3.63, 3.8) is 0 Å². The van der Waals surface area contributed by atoms with Crippen molar-refractivity contribution < 1.29 is 18.7 Å². The average molecular weight is 511 g/mol. The maximum atomic E-state index is 11.9. The quantitative estimate of drug-likeness (QED) is 0.225. The Morgan fingerprint density at radius 3 is 2.45 bits per heavy atom. The minimum Gasteiger partial charge on any atom is -0.482 e. The molecule has 6 nitrogen and oxygen atoms in total. The number of hydrogen-bond donors (Lipinski definition) is 0. The molecule has 1 aliphatic carbocycles. The summed E-state index contributed by atoms with van der Waals surface area (Å²) in [6.07, 6.45) is 2.97. The molecule has 1 heterocycles. The molecule has 0 radical (unpaired) electrons. The van der Waals surface area contributed by atoms with Crippen LogP contribution in [0.25, 0.3) is 22.6 Å². The molecule has 38 heavy (non-hydrogen) atoms. The molecule has 4 aromatic rings. The number of ether oxygens (including phenoxy) is 2. The number of nitrogens with zero attached hydrogens (tertiary/aromatic N) is 2. The largest absolute Gasteiger partial charge is 0.482 e. The van der Waals surface area contributed by atoms with Crippen LogP contribution in [0.4, 0.5) is 0 Å². The van der Waals surface area contributed by atoms with Gasteiger partial charge in [-0.1, -0.05) is 72.8 Å². The lowest BCUT2D eigenvalue weighted by Crippen LogP contribution is -2.30. The SMILES string of the molecule is CCOC(=O)COc1cccc2c1CCCC2N(C)C(C)c1nc(-c2ccccc2)c(-c2ccccc2)o1. The van der Waals surface area contributed by atoms with Gasteiger partial charge in [0.1, 0.15) is 11.4 Å². The molecule has 0 fully saturated rings. The molecular formula is C32H34N2O4. The number of carbonyl (C=O) groups excluding carboxylic acids is 1. The Kier molecular flexibility index (Phi) is 7.89. The second kappa shape index (κ2) is 11.7. The third-order valence-electron chi connectivity index (χ3n) is 7.27. The van der Waals surface area contributed by atoms with Crippen LogP contribution in [0.5, 0.6) is 5.75 Å². The van der Waals surface area contributed by atoms with E-state index in [4.69, 9.17) is 18.9 Å². The van der Waals surface area contributed by atoms with Gasteiger partial charge in [-0.25, -0.2) is 9.78 Å². The van der Waals surface area contributed by atoms with Gasteiger partial charge in [-0.3, -0.25) is 4.90 Å². The summed E-state index contributed by atoms with van der Waals surface area (Å²) in [6.45, 7) is 4.20. The maximum Gasteiger partial charge on any atom is 0.344 e. The summed E-state index contributed by atoms with van der Waals surface area (Å²) in [5.74, 6) is 1.88. The molecule has 2 unspecified atom stereocenters. The number of aromatic nitrogens is 1. The van der Waals surface area contributed by atoms with Gasteiger partial charge in [0.15, 0.2) is 12.4 Å². The molecule has 0 bridgehead atoms. The lowest BCUT2D eigenvalue weighted by molar-refractivity contribution is -0.145. The van der Waals surface area contributed by atoms with E-state index in [-0.39, 0.29) is 24.7 Å². The third-order valence-corrected chi connectivity index (χ3v) is 7.27. The Morgan fingerprint density at radius 2 is 1.74 bits per heavy atom. The first-order chi connectivity index (χ1) is 18.6. The number of rotatable bonds is 9.